The van der Waals surface area contributed by atoms with E-state index >= 15 is 0 Å². The van der Waals surface area contributed by atoms with Crippen molar-refractivity contribution < 1.29 is 9.59 Å². The quantitative estimate of drug-likeness (QED) is 0.831. The number of piperazine rings is 1. The normalized spacial score (nSPS) is 23.6. The minimum Gasteiger partial charge on any atom is -0.342 e. The first kappa shape index (κ1) is 16.9. The predicted octanol–water partition coefficient (Wildman–Crippen LogP) is 1.16. The lowest BCUT2D eigenvalue weighted by molar-refractivity contribution is -0.137. The minimum atomic E-state index is -0.153. The summed E-state index contributed by atoms with van der Waals surface area (Å²) < 4.78 is 0. The average molecular weight is 330 g/mol. The van der Waals surface area contributed by atoms with Gasteiger partial charge in [0, 0.05) is 64.1 Å². The van der Waals surface area contributed by atoms with Crippen molar-refractivity contribution >= 4 is 11.8 Å². The van der Waals surface area contributed by atoms with Gasteiger partial charge in [0.05, 0.1) is 5.92 Å². The van der Waals surface area contributed by atoms with E-state index in [2.05, 4.69) is 22.9 Å². The lowest BCUT2D eigenvalue weighted by Crippen LogP contribution is -2.51. The molecule has 0 saturated carbocycles. The number of likely N-dealkylation sites (tertiary alicyclic amines) is 1. The van der Waals surface area contributed by atoms with Crippen molar-refractivity contribution in [3.63, 3.8) is 0 Å². The molecule has 2 aliphatic heterocycles. The Hall–Kier alpha value is -1.95. The van der Waals surface area contributed by atoms with Gasteiger partial charge in [0.15, 0.2) is 0 Å². The third-order valence-electron chi connectivity index (χ3n) is 5.29. The fourth-order valence-electron chi connectivity index (χ4n) is 3.66. The highest BCUT2D eigenvalue weighted by atomic mass is 16.2. The van der Waals surface area contributed by atoms with Crippen LogP contribution in [0.15, 0.2) is 24.5 Å². The summed E-state index contributed by atoms with van der Waals surface area (Å²) in [5, 5.41) is 0. The molecule has 0 aliphatic carbocycles. The average Bonchev–Trinajstić information content (AvgIpc) is 3.02. The van der Waals surface area contributed by atoms with Crippen LogP contribution in [-0.2, 0) is 9.59 Å². The molecule has 0 unspecified atom stereocenters. The Kier molecular flexibility index (Phi) is 5.14. The fraction of sp³-hybridized carbons (Fsp3) is 0.611. The molecule has 24 heavy (non-hydrogen) atoms. The summed E-state index contributed by atoms with van der Waals surface area (Å²) in [6.45, 7) is 8.62. The molecule has 6 heteroatoms. The molecule has 0 bridgehead atoms. The van der Waals surface area contributed by atoms with E-state index in [9.17, 15) is 9.59 Å². The third-order valence-corrected chi connectivity index (χ3v) is 5.29. The Morgan fingerprint density at radius 3 is 2.67 bits per heavy atom. The number of carbonyl (C=O) groups excluding carboxylic acids is 2. The van der Waals surface area contributed by atoms with Crippen molar-refractivity contribution in [3.8, 4) is 0 Å². The van der Waals surface area contributed by atoms with Gasteiger partial charge in [0.25, 0.3) is 0 Å². The van der Waals surface area contributed by atoms with E-state index in [1.165, 1.54) is 5.56 Å². The van der Waals surface area contributed by atoms with Crippen LogP contribution >= 0.6 is 0 Å². The second-order valence-corrected chi connectivity index (χ2v) is 6.66. The van der Waals surface area contributed by atoms with Gasteiger partial charge in [-0.1, -0.05) is 6.07 Å². The van der Waals surface area contributed by atoms with Gasteiger partial charge in [-0.15, -0.1) is 0 Å². The lowest BCUT2D eigenvalue weighted by Gasteiger charge is -2.39. The number of pyridine rings is 1. The summed E-state index contributed by atoms with van der Waals surface area (Å²) >= 11 is 0. The maximum atomic E-state index is 12.7. The summed E-state index contributed by atoms with van der Waals surface area (Å²) in [6, 6.07) is 4.36. The molecule has 1 aromatic rings. The Morgan fingerprint density at radius 1 is 1.33 bits per heavy atom. The Bertz CT molecular complexity index is 584. The van der Waals surface area contributed by atoms with Crippen molar-refractivity contribution in [1.29, 1.82) is 0 Å². The molecule has 0 aromatic carbocycles. The zero-order valence-electron chi connectivity index (χ0n) is 14.5. The zero-order valence-corrected chi connectivity index (χ0v) is 14.5. The molecule has 2 amide bonds. The highest BCUT2D eigenvalue weighted by Crippen LogP contribution is 2.23. The van der Waals surface area contributed by atoms with E-state index in [0.29, 0.717) is 25.6 Å². The van der Waals surface area contributed by atoms with Gasteiger partial charge in [0.2, 0.25) is 11.8 Å². The van der Waals surface area contributed by atoms with Crippen LogP contribution in [-0.4, -0.2) is 70.8 Å². The standard InChI is InChI=1S/C18H26N4O2/c1-3-20-13-16(11-17(20)23)18(24)22-9-7-21(8-10-22)14(2)15-5-4-6-19-12-15/h4-6,12,14,16H,3,7-11,13H2,1-2H3/t14-,16-/m0/s1. The number of hydrogen-bond donors (Lipinski definition) is 0. The van der Waals surface area contributed by atoms with Crippen molar-refractivity contribution in [2.75, 3.05) is 39.3 Å². The second-order valence-electron chi connectivity index (χ2n) is 6.66. The SMILES string of the molecule is CCN1C[C@@H](C(=O)N2CCN([C@@H](C)c3cccnc3)CC2)CC1=O. The van der Waals surface area contributed by atoms with Gasteiger partial charge in [-0.05, 0) is 25.5 Å². The Labute approximate surface area is 143 Å². The number of amides is 2. The molecule has 2 fully saturated rings. The molecule has 6 nitrogen and oxygen atoms in total. The first-order valence-corrected chi connectivity index (χ1v) is 8.80. The zero-order chi connectivity index (χ0) is 17.1. The summed E-state index contributed by atoms with van der Waals surface area (Å²) in [5.41, 5.74) is 1.21. The second kappa shape index (κ2) is 7.30. The van der Waals surface area contributed by atoms with E-state index in [0.717, 1.165) is 26.2 Å². The molecule has 2 aliphatic rings. The number of aromatic nitrogens is 1. The third kappa shape index (κ3) is 3.43. The number of rotatable bonds is 4. The Morgan fingerprint density at radius 2 is 2.08 bits per heavy atom. The summed E-state index contributed by atoms with van der Waals surface area (Å²) in [4.78, 5) is 34.8. The molecule has 130 valence electrons. The van der Waals surface area contributed by atoms with E-state index in [1.54, 1.807) is 11.1 Å². The maximum Gasteiger partial charge on any atom is 0.228 e. The number of nitrogens with zero attached hydrogens (tertiary/aromatic N) is 4. The maximum absolute atomic E-state index is 12.7. The first-order valence-electron chi connectivity index (χ1n) is 8.80. The molecule has 3 heterocycles. The van der Waals surface area contributed by atoms with Gasteiger partial charge in [0.1, 0.15) is 0 Å². The van der Waals surface area contributed by atoms with Crippen LogP contribution in [0.4, 0.5) is 0 Å². The van der Waals surface area contributed by atoms with Crippen LogP contribution in [0.5, 0.6) is 0 Å². The first-order chi connectivity index (χ1) is 11.6. The van der Waals surface area contributed by atoms with Crippen LogP contribution in [0, 0.1) is 5.92 Å². The van der Waals surface area contributed by atoms with Crippen LogP contribution in [0.2, 0.25) is 0 Å². The largest absolute Gasteiger partial charge is 0.342 e. The van der Waals surface area contributed by atoms with Crippen LogP contribution in [0.3, 0.4) is 0 Å². The van der Waals surface area contributed by atoms with E-state index in [-0.39, 0.29) is 17.7 Å². The van der Waals surface area contributed by atoms with E-state index in [1.807, 2.05) is 24.1 Å². The van der Waals surface area contributed by atoms with Gasteiger partial charge in [-0.2, -0.15) is 0 Å². The summed E-state index contributed by atoms with van der Waals surface area (Å²) in [6.07, 6.45) is 4.07. The summed E-state index contributed by atoms with van der Waals surface area (Å²) in [5.74, 6) is 0.104. The molecular formula is C18H26N4O2. The van der Waals surface area contributed by atoms with Gasteiger partial charge in [-0.25, -0.2) is 0 Å². The van der Waals surface area contributed by atoms with Gasteiger partial charge >= 0.3 is 0 Å². The van der Waals surface area contributed by atoms with Crippen LogP contribution in [0.1, 0.15) is 31.9 Å². The van der Waals surface area contributed by atoms with Crippen molar-refractivity contribution in [3.05, 3.63) is 30.1 Å². The fourth-order valence-corrected chi connectivity index (χ4v) is 3.66. The molecule has 0 spiro atoms. The lowest BCUT2D eigenvalue weighted by atomic mass is 10.1. The van der Waals surface area contributed by atoms with Crippen molar-refractivity contribution in [1.82, 2.24) is 19.7 Å². The van der Waals surface area contributed by atoms with E-state index < -0.39 is 0 Å². The van der Waals surface area contributed by atoms with Crippen LogP contribution < -0.4 is 0 Å². The number of carbonyl (C=O) groups is 2. The molecule has 3 rings (SSSR count). The molecule has 2 atom stereocenters. The number of hydrogen-bond acceptors (Lipinski definition) is 4. The van der Waals surface area contributed by atoms with Gasteiger partial charge < -0.3 is 9.80 Å². The van der Waals surface area contributed by atoms with Gasteiger partial charge in [-0.3, -0.25) is 19.5 Å². The molecule has 0 N–H and O–H groups in total. The monoisotopic (exact) mass is 330 g/mol. The molecule has 2 saturated heterocycles. The topological polar surface area (TPSA) is 56.8 Å². The van der Waals surface area contributed by atoms with Crippen molar-refractivity contribution in [2.45, 2.75) is 26.3 Å². The smallest absolute Gasteiger partial charge is 0.228 e. The summed E-state index contributed by atoms with van der Waals surface area (Å²) in [7, 11) is 0. The molecule has 1 aromatic heterocycles. The molecular weight excluding hydrogens is 304 g/mol. The van der Waals surface area contributed by atoms with Crippen LogP contribution in [0.25, 0.3) is 0 Å². The minimum absolute atomic E-state index is 0.111. The molecule has 0 radical (unpaired) electrons. The predicted molar refractivity (Wildman–Crippen MR) is 91.2 cm³/mol. The Balaban J connectivity index is 1.53. The highest BCUT2D eigenvalue weighted by molar-refractivity contribution is 5.89. The highest BCUT2D eigenvalue weighted by Gasteiger charge is 2.36. The van der Waals surface area contributed by atoms with E-state index in [4.69, 9.17) is 0 Å². The van der Waals surface area contributed by atoms with Crippen molar-refractivity contribution in [2.24, 2.45) is 5.92 Å².